The highest BCUT2D eigenvalue weighted by Crippen LogP contribution is 2.27. The van der Waals surface area contributed by atoms with Gasteiger partial charge in [0.1, 0.15) is 5.69 Å². The van der Waals surface area contributed by atoms with Crippen molar-refractivity contribution in [2.75, 3.05) is 6.26 Å². The number of aromatic nitrogens is 1. The molecule has 0 aliphatic rings. The van der Waals surface area contributed by atoms with Gasteiger partial charge in [-0.3, -0.25) is 14.5 Å². The monoisotopic (exact) mass is 348 g/mol. The van der Waals surface area contributed by atoms with Gasteiger partial charge in [-0.05, 0) is 17.0 Å². The molecule has 0 bridgehead atoms. The summed E-state index contributed by atoms with van der Waals surface area (Å²) in [7, 11) is -3.45. The van der Waals surface area contributed by atoms with Crippen molar-refractivity contribution in [3.63, 3.8) is 0 Å². The van der Waals surface area contributed by atoms with E-state index in [2.05, 4.69) is 4.98 Å². The maximum Gasteiger partial charge on any atom is 0.472 e. The second-order valence-corrected chi connectivity index (χ2v) is 6.60. The van der Waals surface area contributed by atoms with Crippen molar-refractivity contribution in [3.05, 3.63) is 29.6 Å². The van der Waals surface area contributed by atoms with Crippen LogP contribution in [-0.2, 0) is 27.1 Å². The van der Waals surface area contributed by atoms with Crippen LogP contribution < -0.4 is 4.72 Å². The third-order valence-electron chi connectivity index (χ3n) is 2.31. The minimum Gasteiger partial charge on any atom is -0.275 e. The van der Waals surface area contributed by atoms with E-state index in [9.17, 15) is 35.3 Å². The zero-order chi connectivity index (χ0) is 17.2. The summed E-state index contributed by atoms with van der Waals surface area (Å²) in [4.78, 5) is 13.8. The zero-order valence-electron chi connectivity index (χ0n) is 11.0. The van der Waals surface area contributed by atoms with Crippen LogP contribution in [0.1, 0.15) is 11.3 Å². The van der Waals surface area contributed by atoms with Crippen LogP contribution in [0, 0.1) is 0 Å². The van der Waals surface area contributed by atoms with E-state index in [-0.39, 0.29) is 12.0 Å². The first-order valence-electron chi connectivity index (χ1n) is 5.55. The quantitative estimate of drug-likeness (QED) is 0.671. The average molecular weight is 348 g/mol. The number of halogens is 6. The Morgan fingerprint density at radius 3 is 2.27 bits per heavy atom. The molecule has 0 aliphatic carbocycles. The third kappa shape index (κ3) is 5.54. The van der Waals surface area contributed by atoms with Crippen molar-refractivity contribution in [1.82, 2.24) is 9.71 Å². The second-order valence-electron chi connectivity index (χ2n) is 4.25. The van der Waals surface area contributed by atoms with Crippen molar-refractivity contribution in [2.45, 2.75) is 18.8 Å². The van der Waals surface area contributed by atoms with E-state index in [0.29, 0.717) is 6.07 Å². The molecule has 1 unspecified atom stereocenters. The Bertz CT molecular complexity index is 657. The van der Waals surface area contributed by atoms with Crippen LogP contribution in [0.3, 0.4) is 0 Å². The van der Waals surface area contributed by atoms with Gasteiger partial charge < -0.3 is 0 Å². The molecule has 22 heavy (non-hydrogen) atoms. The SMILES string of the molecule is CS(=O)(=CCc1ccc(C(F)(F)F)nc1)NC(=O)C(F)(F)F. The first kappa shape index (κ1) is 18.3. The first-order chi connectivity index (χ1) is 9.81. The summed E-state index contributed by atoms with van der Waals surface area (Å²) in [6, 6.07) is 1.74. The fraction of sp³-hybridized carbons (Fsp3) is 0.364. The number of hydrogen-bond acceptors (Lipinski definition) is 3. The fourth-order valence-corrected chi connectivity index (χ4v) is 2.33. The number of pyridine rings is 1. The van der Waals surface area contributed by atoms with Crippen LogP contribution in [0.4, 0.5) is 26.3 Å². The molecule has 1 heterocycles. The standard InChI is InChI=1S/C11H10F6N2O2S/c1-22(21,19-9(20)11(15,16)17)5-4-7-2-3-8(18-6-7)10(12,13)14/h2-3,5-6H,4H2,1H3,(H,19,20,21). The Balaban J connectivity index is 2.83. The number of hydrogen-bond donors (Lipinski definition) is 1. The number of nitrogens with zero attached hydrogens (tertiary/aromatic N) is 1. The highest BCUT2D eigenvalue weighted by Gasteiger charge is 2.39. The topological polar surface area (TPSA) is 59.1 Å². The number of amides is 1. The van der Waals surface area contributed by atoms with E-state index in [0.717, 1.165) is 23.9 Å². The Morgan fingerprint density at radius 2 is 1.86 bits per heavy atom. The highest BCUT2D eigenvalue weighted by atomic mass is 32.2. The summed E-state index contributed by atoms with van der Waals surface area (Å²) < 4.78 is 86.0. The Hall–Kier alpha value is -1.78. The van der Waals surface area contributed by atoms with E-state index < -0.39 is 33.7 Å². The Labute approximate surface area is 121 Å². The highest BCUT2D eigenvalue weighted by molar-refractivity contribution is 7.99. The minimum atomic E-state index is -5.18. The van der Waals surface area contributed by atoms with Gasteiger partial charge in [-0.15, -0.1) is 0 Å². The molecule has 1 aromatic rings. The van der Waals surface area contributed by atoms with Gasteiger partial charge in [0, 0.05) is 28.6 Å². The molecule has 1 rings (SSSR count). The van der Waals surface area contributed by atoms with E-state index in [1.807, 2.05) is 0 Å². The molecule has 0 fully saturated rings. The van der Waals surface area contributed by atoms with Crippen LogP contribution in [0.5, 0.6) is 0 Å². The van der Waals surface area contributed by atoms with Crippen LogP contribution in [-0.4, -0.2) is 32.9 Å². The summed E-state index contributed by atoms with van der Waals surface area (Å²) in [5.74, 6) is -2.36. The van der Waals surface area contributed by atoms with Crippen molar-refractivity contribution >= 4 is 21.0 Å². The average Bonchev–Trinajstić information content (AvgIpc) is 2.34. The van der Waals surface area contributed by atoms with E-state index in [1.165, 1.54) is 4.72 Å². The fourth-order valence-electron chi connectivity index (χ4n) is 1.25. The molecule has 4 nitrogen and oxygen atoms in total. The molecular formula is C11H10F6N2O2S. The molecule has 0 radical (unpaired) electrons. The van der Waals surface area contributed by atoms with Gasteiger partial charge in [0.2, 0.25) is 0 Å². The number of carbonyl (C=O) groups is 1. The molecular weight excluding hydrogens is 338 g/mol. The molecule has 1 aromatic heterocycles. The Morgan fingerprint density at radius 1 is 1.27 bits per heavy atom. The van der Waals surface area contributed by atoms with Gasteiger partial charge in [0.05, 0.1) is 0 Å². The number of nitrogens with one attached hydrogen (secondary N) is 1. The smallest absolute Gasteiger partial charge is 0.275 e. The molecule has 1 amide bonds. The summed E-state index contributed by atoms with van der Waals surface area (Å²) in [6.45, 7) is 0. The largest absolute Gasteiger partial charge is 0.472 e. The van der Waals surface area contributed by atoms with Crippen molar-refractivity contribution in [3.8, 4) is 0 Å². The maximum absolute atomic E-state index is 12.3. The van der Waals surface area contributed by atoms with Crippen molar-refractivity contribution in [1.29, 1.82) is 0 Å². The van der Waals surface area contributed by atoms with E-state index >= 15 is 0 Å². The Kier molecular flexibility index (Phi) is 5.10. The molecule has 124 valence electrons. The van der Waals surface area contributed by atoms with E-state index in [4.69, 9.17) is 0 Å². The summed E-state index contributed by atoms with van der Waals surface area (Å²) in [5, 5.41) is 0.876. The molecule has 0 aromatic carbocycles. The number of carbonyl (C=O) groups excluding carboxylic acids is 1. The third-order valence-corrected chi connectivity index (χ3v) is 3.70. The first-order valence-corrected chi connectivity index (χ1v) is 7.58. The molecule has 0 spiro atoms. The maximum atomic E-state index is 12.3. The molecule has 11 heteroatoms. The van der Waals surface area contributed by atoms with Crippen molar-refractivity contribution in [2.24, 2.45) is 0 Å². The van der Waals surface area contributed by atoms with Gasteiger partial charge in [-0.1, -0.05) is 6.07 Å². The van der Waals surface area contributed by atoms with Crippen LogP contribution in [0.25, 0.3) is 0 Å². The summed E-state index contributed by atoms with van der Waals surface area (Å²) in [6.07, 6.45) is -8.28. The predicted molar refractivity (Wildman–Crippen MR) is 67.3 cm³/mol. The van der Waals surface area contributed by atoms with E-state index in [1.54, 1.807) is 0 Å². The minimum absolute atomic E-state index is 0.198. The summed E-state index contributed by atoms with van der Waals surface area (Å²) >= 11 is 0. The zero-order valence-corrected chi connectivity index (χ0v) is 11.8. The van der Waals surface area contributed by atoms with Gasteiger partial charge in [0.15, 0.2) is 0 Å². The molecule has 0 aliphatic heterocycles. The van der Waals surface area contributed by atoms with Crippen LogP contribution in [0.2, 0.25) is 0 Å². The van der Waals surface area contributed by atoms with Crippen LogP contribution >= 0.6 is 0 Å². The lowest BCUT2D eigenvalue weighted by atomic mass is 10.2. The normalized spacial score (nSPS) is 15.0. The summed E-state index contributed by atoms with van der Waals surface area (Å²) in [5.41, 5.74) is -0.928. The predicted octanol–water partition coefficient (Wildman–Crippen LogP) is 1.95. The van der Waals surface area contributed by atoms with Gasteiger partial charge in [0.25, 0.3) is 0 Å². The van der Waals surface area contributed by atoms with Crippen molar-refractivity contribution < 1.29 is 35.3 Å². The number of rotatable bonds is 3. The lowest BCUT2D eigenvalue weighted by molar-refractivity contribution is -0.171. The van der Waals surface area contributed by atoms with Gasteiger partial charge in [-0.2, -0.15) is 26.3 Å². The van der Waals surface area contributed by atoms with Crippen LogP contribution in [0.15, 0.2) is 18.3 Å². The second kappa shape index (κ2) is 6.15. The lowest BCUT2D eigenvalue weighted by Gasteiger charge is -2.10. The molecule has 0 saturated heterocycles. The molecule has 1 N–H and O–H groups in total. The van der Waals surface area contributed by atoms with Gasteiger partial charge >= 0.3 is 18.3 Å². The van der Waals surface area contributed by atoms with Gasteiger partial charge in [-0.25, -0.2) is 4.21 Å². The molecule has 1 atom stereocenters. The number of alkyl halides is 6. The molecule has 0 saturated carbocycles. The lowest BCUT2D eigenvalue weighted by Crippen LogP contribution is -2.40.